The van der Waals surface area contributed by atoms with Gasteiger partial charge in [0.1, 0.15) is 0 Å². The second kappa shape index (κ2) is 4.70. The Bertz CT molecular complexity index is 426. The van der Waals surface area contributed by atoms with Gasteiger partial charge in [0.2, 0.25) is 5.91 Å². The van der Waals surface area contributed by atoms with Gasteiger partial charge in [0.05, 0.1) is 6.04 Å². The van der Waals surface area contributed by atoms with Crippen LogP contribution in [0.25, 0.3) is 0 Å². The lowest BCUT2D eigenvalue weighted by Crippen LogP contribution is -2.26. The molecule has 0 radical (unpaired) electrons. The van der Waals surface area contributed by atoms with Crippen molar-refractivity contribution in [3.63, 3.8) is 0 Å². The molecule has 0 fully saturated rings. The minimum absolute atomic E-state index is 0.179. The van der Waals surface area contributed by atoms with Crippen molar-refractivity contribution in [3.8, 4) is 11.5 Å². The summed E-state index contributed by atoms with van der Waals surface area (Å²) in [6.07, 6.45) is 0. The van der Waals surface area contributed by atoms with E-state index in [1.54, 1.807) is 19.9 Å². The monoisotopic (exact) mass is 221 g/mol. The van der Waals surface area contributed by atoms with E-state index >= 15 is 0 Å². The molecule has 86 valence electrons. The van der Waals surface area contributed by atoms with E-state index in [0.717, 1.165) is 0 Å². The first-order chi connectivity index (χ1) is 7.41. The zero-order chi connectivity index (χ0) is 12.3. The van der Waals surface area contributed by atoms with E-state index in [1.807, 2.05) is 0 Å². The number of aromatic hydroxyl groups is 2. The molecule has 1 amide bonds. The van der Waals surface area contributed by atoms with Gasteiger partial charge in [-0.15, -0.1) is 0 Å². The van der Waals surface area contributed by atoms with Gasteiger partial charge in [0.25, 0.3) is 0 Å². The van der Waals surface area contributed by atoms with Crippen LogP contribution in [0.1, 0.15) is 25.5 Å². The Kier molecular flexibility index (Phi) is 3.55. The summed E-state index contributed by atoms with van der Waals surface area (Å²) in [7, 11) is 0. The Balaban J connectivity index is 2.81. The number of nitrogens with one attached hydrogen (secondary N) is 1. The molecule has 0 heterocycles. The summed E-state index contributed by atoms with van der Waals surface area (Å²) in [5.41, 5.74) is 1.14. The number of phenolic OH excluding ortho intramolecular Hbond substituents is 2. The molecule has 1 aromatic carbocycles. The van der Waals surface area contributed by atoms with Gasteiger partial charge < -0.3 is 15.5 Å². The molecule has 0 aromatic heterocycles. The Morgan fingerprint density at radius 1 is 1.38 bits per heavy atom. The fourth-order valence-electron chi connectivity index (χ4n) is 1.21. The Morgan fingerprint density at radius 3 is 2.50 bits per heavy atom. The third kappa shape index (κ3) is 2.76. The first kappa shape index (κ1) is 12.1. The summed E-state index contributed by atoms with van der Waals surface area (Å²) < 4.78 is 0. The molecule has 0 aliphatic rings. The van der Waals surface area contributed by atoms with Crippen LogP contribution < -0.4 is 5.32 Å². The van der Waals surface area contributed by atoms with Crippen molar-refractivity contribution in [1.29, 1.82) is 0 Å². The lowest BCUT2D eigenvalue weighted by Gasteiger charge is -2.14. The van der Waals surface area contributed by atoms with Crippen molar-refractivity contribution in [2.24, 2.45) is 0 Å². The fourth-order valence-corrected chi connectivity index (χ4v) is 1.21. The minimum Gasteiger partial charge on any atom is -0.504 e. The van der Waals surface area contributed by atoms with E-state index in [4.69, 9.17) is 5.11 Å². The zero-order valence-corrected chi connectivity index (χ0v) is 9.32. The second-order valence-corrected chi connectivity index (χ2v) is 3.72. The van der Waals surface area contributed by atoms with Crippen LogP contribution in [0.15, 0.2) is 30.4 Å². The molecule has 0 bridgehead atoms. The van der Waals surface area contributed by atoms with Gasteiger partial charge in [-0.3, -0.25) is 4.79 Å². The quantitative estimate of drug-likeness (QED) is 0.539. The number of carbonyl (C=O) groups is 1. The molecule has 0 aliphatic heterocycles. The summed E-state index contributed by atoms with van der Waals surface area (Å²) in [5, 5.41) is 21.2. The third-order valence-electron chi connectivity index (χ3n) is 2.23. The maximum absolute atomic E-state index is 11.4. The van der Waals surface area contributed by atoms with Crippen molar-refractivity contribution in [3.05, 3.63) is 35.9 Å². The Labute approximate surface area is 94.2 Å². The summed E-state index contributed by atoms with van der Waals surface area (Å²) in [4.78, 5) is 11.4. The molecular formula is C12H15NO3. The van der Waals surface area contributed by atoms with E-state index in [2.05, 4.69) is 11.9 Å². The molecule has 16 heavy (non-hydrogen) atoms. The van der Waals surface area contributed by atoms with E-state index in [-0.39, 0.29) is 23.4 Å². The molecule has 1 atom stereocenters. The molecule has 0 aliphatic carbocycles. The van der Waals surface area contributed by atoms with Gasteiger partial charge in [0.15, 0.2) is 11.5 Å². The van der Waals surface area contributed by atoms with Crippen molar-refractivity contribution in [1.82, 2.24) is 5.32 Å². The summed E-state index contributed by atoms with van der Waals surface area (Å²) in [6, 6.07) is 4.18. The van der Waals surface area contributed by atoms with Crippen LogP contribution in [0.5, 0.6) is 11.5 Å². The van der Waals surface area contributed by atoms with Gasteiger partial charge >= 0.3 is 0 Å². The molecule has 4 nitrogen and oxygen atoms in total. The van der Waals surface area contributed by atoms with E-state index in [9.17, 15) is 9.90 Å². The van der Waals surface area contributed by atoms with Crippen LogP contribution in [0.4, 0.5) is 0 Å². The van der Waals surface area contributed by atoms with Crippen LogP contribution in [-0.2, 0) is 4.79 Å². The molecule has 0 spiro atoms. The van der Waals surface area contributed by atoms with Crippen LogP contribution in [0, 0.1) is 0 Å². The standard InChI is InChI=1S/C12H15NO3/c1-7(2)12(16)13-8(3)9-4-5-10(14)11(15)6-9/h4-6,8,14-15H,1H2,2-3H3,(H,13,16). The summed E-state index contributed by atoms with van der Waals surface area (Å²) in [5.74, 6) is -0.615. The number of hydrogen-bond acceptors (Lipinski definition) is 3. The second-order valence-electron chi connectivity index (χ2n) is 3.72. The van der Waals surface area contributed by atoms with Crippen molar-refractivity contribution in [2.45, 2.75) is 19.9 Å². The Hall–Kier alpha value is -1.97. The molecule has 0 saturated carbocycles. The molecule has 1 aromatic rings. The lowest BCUT2D eigenvalue weighted by molar-refractivity contribution is -0.118. The highest BCUT2D eigenvalue weighted by Crippen LogP contribution is 2.27. The number of amides is 1. The van der Waals surface area contributed by atoms with Crippen LogP contribution in [0.2, 0.25) is 0 Å². The molecule has 1 unspecified atom stereocenters. The zero-order valence-electron chi connectivity index (χ0n) is 9.32. The van der Waals surface area contributed by atoms with Gasteiger partial charge in [0, 0.05) is 5.57 Å². The minimum atomic E-state index is -0.254. The first-order valence-corrected chi connectivity index (χ1v) is 4.90. The predicted molar refractivity (Wildman–Crippen MR) is 61.1 cm³/mol. The van der Waals surface area contributed by atoms with Gasteiger partial charge in [-0.05, 0) is 31.5 Å². The molecule has 1 rings (SSSR count). The number of rotatable bonds is 3. The largest absolute Gasteiger partial charge is 0.504 e. The van der Waals surface area contributed by atoms with Crippen molar-refractivity contribution < 1.29 is 15.0 Å². The third-order valence-corrected chi connectivity index (χ3v) is 2.23. The average Bonchev–Trinajstić information content (AvgIpc) is 2.21. The number of benzene rings is 1. The Morgan fingerprint density at radius 2 is 2.00 bits per heavy atom. The van der Waals surface area contributed by atoms with E-state index < -0.39 is 0 Å². The smallest absolute Gasteiger partial charge is 0.246 e. The molecule has 3 N–H and O–H groups in total. The fraction of sp³-hybridized carbons (Fsp3) is 0.250. The first-order valence-electron chi connectivity index (χ1n) is 4.90. The molecular weight excluding hydrogens is 206 g/mol. The van der Waals surface area contributed by atoms with E-state index in [1.165, 1.54) is 12.1 Å². The SMILES string of the molecule is C=C(C)C(=O)NC(C)c1ccc(O)c(O)c1. The molecule has 0 saturated heterocycles. The summed E-state index contributed by atoms with van der Waals surface area (Å²) >= 11 is 0. The maximum Gasteiger partial charge on any atom is 0.246 e. The average molecular weight is 221 g/mol. The van der Waals surface area contributed by atoms with Crippen LogP contribution in [-0.4, -0.2) is 16.1 Å². The van der Waals surface area contributed by atoms with Crippen LogP contribution >= 0.6 is 0 Å². The predicted octanol–water partition coefficient (Wildman–Crippen LogP) is 1.85. The highest BCUT2D eigenvalue weighted by Gasteiger charge is 2.11. The lowest BCUT2D eigenvalue weighted by atomic mass is 10.1. The highest BCUT2D eigenvalue weighted by molar-refractivity contribution is 5.92. The number of phenols is 2. The van der Waals surface area contributed by atoms with Crippen molar-refractivity contribution >= 4 is 5.91 Å². The van der Waals surface area contributed by atoms with Gasteiger partial charge in [-0.1, -0.05) is 12.6 Å². The van der Waals surface area contributed by atoms with Gasteiger partial charge in [-0.2, -0.15) is 0 Å². The van der Waals surface area contributed by atoms with Crippen molar-refractivity contribution in [2.75, 3.05) is 0 Å². The van der Waals surface area contributed by atoms with Gasteiger partial charge in [-0.25, -0.2) is 0 Å². The summed E-state index contributed by atoms with van der Waals surface area (Å²) in [6.45, 7) is 6.94. The number of carbonyl (C=O) groups excluding carboxylic acids is 1. The molecule has 4 heteroatoms. The van der Waals surface area contributed by atoms with Crippen LogP contribution in [0.3, 0.4) is 0 Å². The topological polar surface area (TPSA) is 69.6 Å². The highest BCUT2D eigenvalue weighted by atomic mass is 16.3. The maximum atomic E-state index is 11.4. The normalized spacial score (nSPS) is 11.9. The number of hydrogen-bond donors (Lipinski definition) is 3. The van der Waals surface area contributed by atoms with E-state index in [0.29, 0.717) is 11.1 Å².